The molecule has 1 amide bonds. The molecule has 2 unspecified atom stereocenters. The van der Waals surface area contributed by atoms with Gasteiger partial charge in [-0.1, -0.05) is 48.0 Å². The minimum atomic E-state index is -4.77. The van der Waals surface area contributed by atoms with Gasteiger partial charge in [0.05, 0.1) is 0 Å². The number of alkyl halides is 3. The zero-order chi connectivity index (χ0) is 23.9. The Morgan fingerprint density at radius 3 is 2.28 bits per heavy atom. The summed E-state index contributed by atoms with van der Waals surface area (Å²) in [5, 5.41) is 21.4. The number of amides is 1. The van der Waals surface area contributed by atoms with Gasteiger partial charge in [-0.05, 0) is 35.2 Å². The number of carbonyl (C=O) groups excluding carboxylic acids is 2. The molecule has 0 radical (unpaired) electrons. The van der Waals surface area contributed by atoms with Gasteiger partial charge in [0, 0.05) is 17.5 Å². The largest absolute Gasteiger partial charge is 0.474 e. The monoisotopic (exact) mass is 473 g/mol. The van der Waals surface area contributed by atoms with Gasteiger partial charge in [-0.25, -0.2) is 9.59 Å². The van der Waals surface area contributed by atoms with Gasteiger partial charge in [0.2, 0.25) is 0 Å². The molecule has 0 heterocycles. The number of carboxylic acids is 1. The lowest BCUT2D eigenvalue weighted by Crippen LogP contribution is -2.43. The fraction of sp³-hybridized carbons (Fsp3) is 0.286. The van der Waals surface area contributed by atoms with Crippen LogP contribution >= 0.6 is 11.6 Å². The molecule has 0 bridgehead atoms. The first-order chi connectivity index (χ1) is 14.9. The third kappa shape index (κ3) is 8.20. The molecule has 2 rings (SSSR count). The quantitative estimate of drug-likeness (QED) is 0.401. The summed E-state index contributed by atoms with van der Waals surface area (Å²) in [5.74, 6) is -4.71. The Morgan fingerprint density at radius 1 is 1.06 bits per heavy atom. The molecule has 3 N–H and O–H groups in total. The first-order valence-corrected chi connectivity index (χ1v) is 9.62. The van der Waals surface area contributed by atoms with Crippen LogP contribution in [0.25, 0.3) is 11.1 Å². The lowest BCUT2D eigenvalue weighted by Gasteiger charge is -2.21. The third-order valence-corrected chi connectivity index (χ3v) is 4.52. The molecule has 11 heteroatoms. The number of hydrogen-bond donors (Lipinski definition) is 3. The van der Waals surface area contributed by atoms with E-state index >= 15 is 0 Å². The van der Waals surface area contributed by atoms with Crippen molar-refractivity contribution in [2.24, 2.45) is 0 Å². The average molecular weight is 474 g/mol. The van der Waals surface area contributed by atoms with Crippen LogP contribution in [0.3, 0.4) is 0 Å². The second kappa shape index (κ2) is 11.0. The van der Waals surface area contributed by atoms with Gasteiger partial charge in [-0.2, -0.15) is 13.2 Å². The van der Waals surface area contributed by atoms with Gasteiger partial charge in [0.25, 0.3) is 0 Å². The van der Waals surface area contributed by atoms with E-state index in [1.807, 2.05) is 6.07 Å². The van der Waals surface area contributed by atoms with E-state index in [-0.39, 0.29) is 6.42 Å². The zero-order valence-electron chi connectivity index (χ0n) is 16.4. The Morgan fingerprint density at radius 2 is 1.72 bits per heavy atom. The van der Waals surface area contributed by atoms with Gasteiger partial charge >= 0.3 is 24.0 Å². The summed E-state index contributed by atoms with van der Waals surface area (Å²) in [6.07, 6.45) is -7.32. The number of aliphatic carboxylic acids is 1. The smallest absolute Gasteiger partial charge is 0.422 e. The van der Waals surface area contributed by atoms with Crippen molar-refractivity contribution in [3.63, 3.8) is 0 Å². The molecule has 0 aliphatic heterocycles. The van der Waals surface area contributed by atoms with Crippen molar-refractivity contribution < 1.29 is 42.5 Å². The van der Waals surface area contributed by atoms with Crippen molar-refractivity contribution in [3.8, 4) is 11.1 Å². The molecular formula is C21H19ClF3NO6. The molecule has 0 fully saturated rings. The number of aliphatic hydroxyl groups is 1. The lowest BCUT2D eigenvalue weighted by molar-refractivity contribution is -0.192. The van der Waals surface area contributed by atoms with Gasteiger partial charge in [0.15, 0.2) is 12.7 Å². The van der Waals surface area contributed by atoms with Crippen LogP contribution in [0, 0.1) is 0 Å². The molecule has 2 atom stereocenters. The van der Waals surface area contributed by atoms with Gasteiger partial charge in [-0.15, -0.1) is 0 Å². The van der Waals surface area contributed by atoms with E-state index in [9.17, 15) is 32.7 Å². The molecule has 32 heavy (non-hydrogen) atoms. The number of halogens is 4. The van der Waals surface area contributed by atoms with E-state index in [1.165, 1.54) is 0 Å². The number of ether oxygens (including phenoxy) is 1. The number of hydrogen-bond acceptors (Lipinski definition) is 5. The molecule has 0 saturated heterocycles. The highest BCUT2D eigenvalue weighted by molar-refractivity contribution is 6.31. The first kappa shape index (κ1) is 25.2. The summed E-state index contributed by atoms with van der Waals surface area (Å²) in [5.41, 5.74) is 2.29. The predicted molar refractivity (Wildman–Crippen MR) is 108 cm³/mol. The summed E-state index contributed by atoms with van der Waals surface area (Å²) in [6.45, 7) is -1.87. The normalized spacial score (nSPS) is 13.2. The maximum Gasteiger partial charge on any atom is 0.422 e. The molecule has 2 aromatic carbocycles. The van der Waals surface area contributed by atoms with Crippen LogP contribution in [-0.2, 0) is 25.5 Å². The van der Waals surface area contributed by atoms with E-state index in [1.54, 1.807) is 42.5 Å². The molecule has 0 saturated carbocycles. The second-order valence-electron chi connectivity index (χ2n) is 6.86. The summed E-state index contributed by atoms with van der Waals surface area (Å²) < 4.78 is 40.5. The molecular weight excluding hydrogens is 455 g/mol. The van der Waals surface area contributed by atoms with Crippen molar-refractivity contribution in [1.82, 2.24) is 5.32 Å². The van der Waals surface area contributed by atoms with Crippen LogP contribution in [0.15, 0.2) is 48.5 Å². The van der Waals surface area contributed by atoms with E-state index in [4.69, 9.17) is 16.7 Å². The third-order valence-electron chi connectivity index (χ3n) is 4.28. The standard InChI is InChI=1S/C21H19ClF3NO6/c22-15-3-1-2-14(9-15)13-6-4-12(5-7-13)8-16(26-18(28)19(29)30)10-17(27)20(31)32-11-21(23,24)25/h1-7,9,16-17,27H,8,10-11H2,(H,26,28)(H,29,30). The molecule has 0 spiro atoms. The number of aliphatic hydroxyl groups excluding tert-OH is 1. The maximum absolute atomic E-state index is 12.2. The van der Waals surface area contributed by atoms with Crippen molar-refractivity contribution in [2.45, 2.75) is 31.2 Å². The molecule has 2 aromatic rings. The Bertz CT molecular complexity index is 965. The fourth-order valence-electron chi connectivity index (χ4n) is 2.84. The highest BCUT2D eigenvalue weighted by Gasteiger charge is 2.32. The van der Waals surface area contributed by atoms with Gasteiger partial charge in [-0.3, -0.25) is 4.79 Å². The predicted octanol–water partition coefficient (Wildman–Crippen LogP) is 2.98. The summed E-state index contributed by atoms with van der Waals surface area (Å²) >= 11 is 5.98. The van der Waals surface area contributed by atoms with E-state index in [2.05, 4.69) is 10.1 Å². The summed E-state index contributed by atoms with van der Waals surface area (Å²) in [6, 6.07) is 12.9. The van der Waals surface area contributed by atoms with Crippen molar-refractivity contribution >= 4 is 29.4 Å². The minimum Gasteiger partial charge on any atom is -0.474 e. The Labute approximate surface area is 185 Å². The molecule has 0 aliphatic carbocycles. The Kier molecular flexibility index (Phi) is 8.62. The summed E-state index contributed by atoms with van der Waals surface area (Å²) in [4.78, 5) is 34.0. The Hall–Kier alpha value is -3.11. The summed E-state index contributed by atoms with van der Waals surface area (Å²) in [7, 11) is 0. The van der Waals surface area contributed by atoms with E-state index < -0.39 is 49.2 Å². The topological polar surface area (TPSA) is 113 Å². The number of carbonyl (C=O) groups is 3. The highest BCUT2D eigenvalue weighted by atomic mass is 35.5. The van der Waals surface area contributed by atoms with Crippen LogP contribution < -0.4 is 5.32 Å². The Balaban J connectivity index is 2.10. The molecule has 0 aliphatic rings. The van der Waals surface area contributed by atoms with Crippen LogP contribution in [0.4, 0.5) is 13.2 Å². The SMILES string of the molecule is O=C(O)C(=O)NC(Cc1ccc(-c2cccc(Cl)c2)cc1)CC(O)C(=O)OCC(F)(F)F. The van der Waals surface area contributed by atoms with Gasteiger partial charge < -0.3 is 20.3 Å². The number of esters is 1. The van der Waals surface area contributed by atoms with Crippen molar-refractivity contribution in [1.29, 1.82) is 0 Å². The number of rotatable bonds is 8. The number of benzene rings is 2. The van der Waals surface area contributed by atoms with Crippen molar-refractivity contribution in [3.05, 3.63) is 59.1 Å². The number of carboxylic acid groups (broad SMARTS) is 1. The minimum absolute atomic E-state index is 0.00153. The van der Waals surface area contributed by atoms with Gasteiger partial charge in [0.1, 0.15) is 0 Å². The first-order valence-electron chi connectivity index (χ1n) is 9.24. The zero-order valence-corrected chi connectivity index (χ0v) is 17.2. The van der Waals surface area contributed by atoms with Crippen LogP contribution in [0.1, 0.15) is 12.0 Å². The molecule has 0 aromatic heterocycles. The van der Waals surface area contributed by atoms with Crippen LogP contribution in [0.5, 0.6) is 0 Å². The van der Waals surface area contributed by atoms with Crippen molar-refractivity contribution in [2.75, 3.05) is 6.61 Å². The fourth-order valence-corrected chi connectivity index (χ4v) is 3.03. The highest BCUT2D eigenvalue weighted by Crippen LogP contribution is 2.23. The van der Waals surface area contributed by atoms with Crippen LogP contribution in [0.2, 0.25) is 5.02 Å². The number of nitrogens with one attached hydrogen (secondary N) is 1. The molecule has 172 valence electrons. The average Bonchev–Trinajstić information content (AvgIpc) is 2.71. The molecule has 7 nitrogen and oxygen atoms in total. The second-order valence-corrected chi connectivity index (χ2v) is 7.30. The van der Waals surface area contributed by atoms with E-state index in [0.717, 1.165) is 11.1 Å². The maximum atomic E-state index is 12.2. The van der Waals surface area contributed by atoms with Crippen LogP contribution in [-0.4, -0.2) is 53.0 Å². The van der Waals surface area contributed by atoms with E-state index in [0.29, 0.717) is 10.6 Å². The lowest BCUT2D eigenvalue weighted by atomic mass is 9.98.